The molecule has 2 aromatic carbocycles. The molecule has 0 aliphatic heterocycles. The van der Waals surface area contributed by atoms with Crippen molar-refractivity contribution in [2.24, 2.45) is 0 Å². The maximum Gasteiger partial charge on any atom is 0.234 e. The van der Waals surface area contributed by atoms with Gasteiger partial charge in [-0.2, -0.15) is 0 Å². The van der Waals surface area contributed by atoms with Gasteiger partial charge in [-0.3, -0.25) is 9.36 Å². The first-order valence-electron chi connectivity index (χ1n) is 8.76. The molecule has 1 amide bonds. The van der Waals surface area contributed by atoms with Crippen molar-refractivity contribution in [3.8, 4) is 5.75 Å². The van der Waals surface area contributed by atoms with E-state index in [2.05, 4.69) is 22.1 Å². The van der Waals surface area contributed by atoms with E-state index in [1.54, 1.807) is 48.5 Å². The summed E-state index contributed by atoms with van der Waals surface area (Å²) in [6.45, 7) is 4.38. The number of halogens is 3. The zero-order chi connectivity index (χ0) is 21.5. The van der Waals surface area contributed by atoms with Crippen molar-refractivity contribution in [1.29, 1.82) is 0 Å². The number of nitrogens with one attached hydrogen (secondary N) is 1. The van der Waals surface area contributed by atoms with E-state index in [1.807, 2.05) is 4.57 Å². The molecule has 3 rings (SSSR count). The lowest BCUT2D eigenvalue weighted by atomic mass is 10.3. The van der Waals surface area contributed by atoms with Gasteiger partial charge in [0, 0.05) is 11.6 Å². The molecule has 0 bridgehead atoms. The maximum atomic E-state index is 12.3. The highest BCUT2D eigenvalue weighted by Gasteiger charge is 2.15. The zero-order valence-electron chi connectivity index (χ0n) is 15.6. The number of benzene rings is 2. The molecule has 1 aromatic heterocycles. The van der Waals surface area contributed by atoms with E-state index in [4.69, 9.17) is 39.5 Å². The van der Waals surface area contributed by atoms with Gasteiger partial charge in [0.15, 0.2) is 11.0 Å². The molecule has 0 radical (unpaired) electrons. The molecule has 6 nitrogen and oxygen atoms in total. The molecule has 0 atom stereocenters. The molecule has 30 heavy (non-hydrogen) atoms. The molecule has 0 saturated carbocycles. The number of amides is 1. The van der Waals surface area contributed by atoms with Crippen LogP contribution in [0.1, 0.15) is 5.82 Å². The number of carbonyl (C=O) groups is 1. The van der Waals surface area contributed by atoms with E-state index in [1.165, 1.54) is 11.8 Å². The molecule has 3 aromatic rings. The number of aromatic nitrogens is 3. The third-order valence-electron chi connectivity index (χ3n) is 3.84. The van der Waals surface area contributed by atoms with Gasteiger partial charge >= 0.3 is 0 Å². The Kier molecular flexibility index (Phi) is 8.04. The van der Waals surface area contributed by atoms with Crippen LogP contribution in [0.5, 0.6) is 5.75 Å². The number of allylic oxidation sites excluding steroid dienone is 1. The minimum Gasteiger partial charge on any atom is -0.484 e. The van der Waals surface area contributed by atoms with Gasteiger partial charge in [-0.15, -0.1) is 16.8 Å². The van der Waals surface area contributed by atoms with Crippen LogP contribution in [0.3, 0.4) is 0 Å². The van der Waals surface area contributed by atoms with Crippen molar-refractivity contribution in [3.63, 3.8) is 0 Å². The highest BCUT2D eigenvalue weighted by atomic mass is 35.5. The summed E-state index contributed by atoms with van der Waals surface area (Å²) >= 11 is 19.4. The number of carbonyl (C=O) groups excluding carboxylic acids is 1. The molecule has 1 heterocycles. The van der Waals surface area contributed by atoms with E-state index in [9.17, 15) is 4.79 Å². The summed E-state index contributed by atoms with van der Waals surface area (Å²) in [5.41, 5.74) is 0.561. The highest BCUT2D eigenvalue weighted by Crippen LogP contribution is 2.28. The standard InChI is InChI=1S/C20H17Cl3N4O2S/c1-2-9-27-18(11-29-17-8-7-13(21)10-15(17)23)25-26-20(27)30-12-19(28)24-16-6-4-3-5-14(16)22/h2-8,10H,1,9,11-12H2,(H,24,28). The van der Waals surface area contributed by atoms with E-state index in [-0.39, 0.29) is 18.3 Å². The normalized spacial score (nSPS) is 10.6. The first kappa shape index (κ1) is 22.5. The molecule has 0 aliphatic rings. The molecule has 0 aliphatic carbocycles. The fourth-order valence-electron chi connectivity index (χ4n) is 2.46. The Hall–Kier alpha value is -2.19. The Morgan fingerprint density at radius 2 is 1.97 bits per heavy atom. The summed E-state index contributed by atoms with van der Waals surface area (Å²) in [6.07, 6.45) is 1.72. The predicted octanol–water partition coefficient (Wildman–Crippen LogP) is 5.73. The molecule has 156 valence electrons. The van der Waals surface area contributed by atoms with Crippen molar-refractivity contribution in [2.45, 2.75) is 18.3 Å². The van der Waals surface area contributed by atoms with Crippen molar-refractivity contribution in [3.05, 3.63) is 76.0 Å². The largest absolute Gasteiger partial charge is 0.484 e. The Balaban J connectivity index is 1.64. The number of rotatable bonds is 9. The van der Waals surface area contributed by atoms with Crippen molar-refractivity contribution in [2.75, 3.05) is 11.1 Å². The van der Waals surface area contributed by atoms with Crippen LogP contribution in [0.2, 0.25) is 15.1 Å². The number of anilines is 1. The predicted molar refractivity (Wildman–Crippen MR) is 122 cm³/mol. The van der Waals surface area contributed by atoms with Crippen LogP contribution >= 0.6 is 46.6 Å². The van der Waals surface area contributed by atoms with Gasteiger partial charge in [-0.25, -0.2) is 0 Å². The average molecular weight is 484 g/mol. The van der Waals surface area contributed by atoms with Crippen LogP contribution in [0.25, 0.3) is 0 Å². The van der Waals surface area contributed by atoms with Gasteiger partial charge in [-0.1, -0.05) is 64.8 Å². The third-order valence-corrected chi connectivity index (χ3v) is 5.66. The quantitative estimate of drug-likeness (QED) is 0.311. The van der Waals surface area contributed by atoms with Crippen LogP contribution in [0.4, 0.5) is 5.69 Å². The fourth-order valence-corrected chi connectivity index (χ4v) is 3.87. The molecular weight excluding hydrogens is 467 g/mol. The Morgan fingerprint density at radius 3 is 2.70 bits per heavy atom. The van der Waals surface area contributed by atoms with Crippen LogP contribution in [-0.4, -0.2) is 26.4 Å². The van der Waals surface area contributed by atoms with E-state index >= 15 is 0 Å². The third kappa shape index (κ3) is 5.92. The number of ether oxygens (including phenoxy) is 1. The molecule has 1 N–H and O–H groups in total. The van der Waals surface area contributed by atoms with E-state index < -0.39 is 0 Å². The van der Waals surface area contributed by atoms with Crippen LogP contribution in [-0.2, 0) is 17.9 Å². The first-order chi connectivity index (χ1) is 14.5. The molecule has 0 fully saturated rings. The highest BCUT2D eigenvalue weighted by molar-refractivity contribution is 7.99. The summed E-state index contributed by atoms with van der Waals surface area (Å²) in [6, 6.07) is 12.0. The second kappa shape index (κ2) is 10.7. The second-order valence-corrected chi connectivity index (χ2v) is 8.17. The zero-order valence-corrected chi connectivity index (χ0v) is 18.7. The minimum absolute atomic E-state index is 0.143. The van der Waals surface area contributed by atoms with Gasteiger partial charge in [0.25, 0.3) is 0 Å². The van der Waals surface area contributed by atoms with Gasteiger partial charge in [-0.05, 0) is 30.3 Å². The lowest BCUT2D eigenvalue weighted by molar-refractivity contribution is -0.113. The van der Waals surface area contributed by atoms with Crippen LogP contribution in [0.15, 0.2) is 60.3 Å². The summed E-state index contributed by atoms with van der Waals surface area (Å²) in [7, 11) is 0. The summed E-state index contributed by atoms with van der Waals surface area (Å²) < 4.78 is 7.57. The Labute approximate surface area is 193 Å². The Morgan fingerprint density at radius 1 is 1.17 bits per heavy atom. The van der Waals surface area contributed by atoms with Crippen molar-refractivity contribution in [1.82, 2.24) is 14.8 Å². The van der Waals surface area contributed by atoms with E-state index in [0.717, 1.165) is 0 Å². The topological polar surface area (TPSA) is 69.0 Å². The lowest BCUT2D eigenvalue weighted by Gasteiger charge is -2.10. The van der Waals surface area contributed by atoms with Gasteiger partial charge in [0.05, 0.1) is 21.5 Å². The smallest absolute Gasteiger partial charge is 0.234 e. The van der Waals surface area contributed by atoms with Gasteiger partial charge in [0.1, 0.15) is 12.4 Å². The van der Waals surface area contributed by atoms with E-state index in [0.29, 0.717) is 44.0 Å². The van der Waals surface area contributed by atoms with Crippen molar-refractivity contribution < 1.29 is 9.53 Å². The SMILES string of the molecule is C=CCn1c(COc2ccc(Cl)cc2Cl)nnc1SCC(=O)Nc1ccccc1Cl. The van der Waals surface area contributed by atoms with Crippen LogP contribution < -0.4 is 10.1 Å². The van der Waals surface area contributed by atoms with Gasteiger partial charge < -0.3 is 10.1 Å². The molecule has 0 unspecified atom stereocenters. The minimum atomic E-state index is -0.202. The number of nitrogens with zero attached hydrogens (tertiary/aromatic N) is 3. The number of hydrogen-bond donors (Lipinski definition) is 1. The fraction of sp³-hybridized carbons (Fsp3) is 0.150. The summed E-state index contributed by atoms with van der Waals surface area (Å²) in [4.78, 5) is 12.3. The molecule has 0 spiro atoms. The second-order valence-electron chi connectivity index (χ2n) is 5.98. The number of thioether (sulfide) groups is 1. The first-order valence-corrected chi connectivity index (χ1v) is 10.9. The lowest BCUT2D eigenvalue weighted by Crippen LogP contribution is -2.15. The summed E-state index contributed by atoms with van der Waals surface area (Å²) in [5.74, 6) is 1.01. The maximum absolute atomic E-state index is 12.3. The average Bonchev–Trinajstić information content (AvgIpc) is 3.09. The Bertz CT molecular complexity index is 1060. The van der Waals surface area contributed by atoms with Crippen molar-refractivity contribution >= 4 is 58.2 Å². The number of para-hydroxylation sites is 1. The number of hydrogen-bond acceptors (Lipinski definition) is 5. The monoisotopic (exact) mass is 482 g/mol. The molecule has 10 heteroatoms. The summed E-state index contributed by atoms with van der Waals surface area (Å²) in [5, 5.41) is 13.1. The van der Waals surface area contributed by atoms with Gasteiger partial charge in [0.2, 0.25) is 5.91 Å². The van der Waals surface area contributed by atoms with Crippen LogP contribution in [0, 0.1) is 0 Å². The molecule has 0 saturated heterocycles. The molecular formula is C20H17Cl3N4O2S.